The van der Waals surface area contributed by atoms with Crippen molar-refractivity contribution >= 4 is 0 Å². The molecule has 1 saturated carbocycles. The van der Waals surface area contributed by atoms with E-state index in [9.17, 15) is 0 Å². The highest BCUT2D eigenvalue weighted by molar-refractivity contribution is 5.14. The van der Waals surface area contributed by atoms with Crippen LogP contribution in [0.5, 0.6) is 0 Å². The lowest BCUT2D eigenvalue weighted by molar-refractivity contribution is -0.0450. The average Bonchev–Trinajstić information content (AvgIpc) is 2.42. The van der Waals surface area contributed by atoms with Crippen LogP contribution >= 0.6 is 0 Å². The Bertz CT molecular complexity index is 281. The van der Waals surface area contributed by atoms with Gasteiger partial charge in [-0.25, -0.2) is 0 Å². The highest BCUT2D eigenvalue weighted by Crippen LogP contribution is 2.55. The first-order valence-electron chi connectivity index (χ1n) is 5.50. The molecule has 3 atom stereocenters. The highest BCUT2D eigenvalue weighted by Gasteiger charge is 2.53. The summed E-state index contributed by atoms with van der Waals surface area (Å²) in [5.41, 5.74) is 0.269. The van der Waals surface area contributed by atoms with E-state index in [2.05, 4.69) is 33.1 Å². The lowest BCUT2D eigenvalue weighted by atomic mass is 9.61. The fraction of sp³-hybridized carbons (Fsp3) is 0.692. The zero-order chi connectivity index (χ0) is 10.4. The molecule has 0 spiro atoms. The Labute approximate surface area is 86.8 Å². The van der Waals surface area contributed by atoms with Gasteiger partial charge < -0.3 is 4.74 Å². The Kier molecular flexibility index (Phi) is 2.02. The van der Waals surface area contributed by atoms with Crippen LogP contribution in [0.4, 0.5) is 0 Å². The Balaban J connectivity index is 2.34. The maximum atomic E-state index is 5.91. The number of allylic oxidation sites excluding steroid dienone is 2. The minimum Gasteiger partial charge on any atom is -0.492 e. The van der Waals surface area contributed by atoms with Gasteiger partial charge in [0.2, 0.25) is 0 Å². The molecule has 1 heterocycles. The van der Waals surface area contributed by atoms with Gasteiger partial charge in [-0.2, -0.15) is 0 Å². The summed E-state index contributed by atoms with van der Waals surface area (Å²) in [5, 5.41) is 0. The largest absolute Gasteiger partial charge is 0.492 e. The Morgan fingerprint density at radius 1 is 1.43 bits per heavy atom. The first-order chi connectivity index (χ1) is 6.50. The van der Waals surface area contributed by atoms with E-state index in [1.54, 1.807) is 0 Å². The quantitative estimate of drug-likeness (QED) is 0.576. The Morgan fingerprint density at radius 2 is 2.14 bits per heavy atom. The third kappa shape index (κ3) is 1.22. The van der Waals surface area contributed by atoms with Gasteiger partial charge in [0.1, 0.15) is 5.60 Å². The van der Waals surface area contributed by atoms with Crippen LogP contribution < -0.4 is 0 Å². The predicted octanol–water partition coefficient (Wildman–Crippen LogP) is 3.67. The fourth-order valence-electron chi connectivity index (χ4n) is 3.28. The lowest BCUT2D eigenvalue weighted by Crippen LogP contribution is -2.44. The molecule has 0 bridgehead atoms. The molecule has 78 valence electrons. The number of rotatable bonds is 1. The zero-order valence-electron chi connectivity index (χ0n) is 9.31. The van der Waals surface area contributed by atoms with Crippen molar-refractivity contribution in [2.75, 3.05) is 0 Å². The summed E-state index contributed by atoms with van der Waals surface area (Å²) in [6.45, 7) is 12.5. The summed E-state index contributed by atoms with van der Waals surface area (Å²) >= 11 is 0. The maximum absolute atomic E-state index is 5.91. The van der Waals surface area contributed by atoms with Gasteiger partial charge in [0.05, 0.1) is 5.76 Å². The van der Waals surface area contributed by atoms with Crippen molar-refractivity contribution < 1.29 is 4.74 Å². The monoisotopic (exact) mass is 192 g/mol. The first-order valence-corrected chi connectivity index (χ1v) is 5.50. The van der Waals surface area contributed by atoms with Crippen LogP contribution in [-0.4, -0.2) is 5.60 Å². The third-order valence-electron chi connectivity index (χ3n) is 4.20. The molecule has 0 amide bonds. The zero-order valence-corrected chi connectivity index (χ0v) is 9.31. The molecule has 1 unspecified atom stereocenters. The van der Waals surface area contributed by atoms with E-state index in [-0.39, 0.29) is 11.0 Å². The summed E-state index contributed by atoms with van der Waals surface area (Å²) < 4.78 is 5.91. The van der Waals surface area contributed by atoms with Crippen LogP contribution in [0.25, 0.3) is 0 Å². The van der Waals surface area contributed by atoms with Crippen LogP contribution in [0.15, 0.2) is 25.0 Å². The van der Waals surface area contributed by atoms with E-state index in [4.69, 9.17) is 4.74 Å². The second-order valence-electron chi connectivity index (χ2n) is 5.27. The van der Waals surface area contributed by atoms with E-state index < -0.39 is 0 Å². The molecule has 1 aliphatic heterocycles. The number of hydrogen-bond acceptors (Lipinski definition) is 1. The molecule has 0 aromatic heterocycles. The van der Waals surface area contributed by atoms with Crippen molar-refractivity contribution in [3.63, 3.8) is 0 Å². The van der Waals surface area contributed by atoms with Crippen molar-refractivity contribution in [1.29, 1.82) is 0 Å². The molecule has 1 aliphatic carbocycles. The summed E-state index contributed by atoms with van der Waals surface area (Å²) in [6, 6.07) is 0. The van der Waals surface area contributed by atoms with Gasteiger partial charge in [0, 0.05) is 12.3 Å². The van der Waals surface area contributed by atoms with Crippen LogP contribution in [0.1, 0.15) is 39.5 Å². The predicted molar refractivity (Wildman–Crippen MR) is 58.9 cm³/mol. The van der Waals surface area contributed by atoms with Crippen molar-refractivity contribution in [3.05, 3.63) is 25.0 Å². The van der Waals surface area contributed by atoms with Gasteiger partial charge >= 0.3 is 0 Å². The fourth-order valence-corrected chi connectivity index (χ4v) is 3.28. The van der Waals surface area contributed by atoms with Crippen molar-refractivity contribution in [1.82, 2.24) is 0 Å². The summed E-state index contributed by atoms with van der Waals surface area (Å²) in [4.78, 5) is 0. The minimum atomic E-state index is 0.0261. The average molecular weight is 192 g/mol. The van der Waals surface area contributed by atoms with E-state index in [0.717, 1.165) is 12.2 Å². The van der Waals surface area contributed by atoms with Crippen molar-refractivity contribution in [2.24, 2.45) is 11.3 Å². The molecular formula is C13H20O. The van der Waals surface area contributed by atoms with Crippen molar-refractivity contribution in [3.8, 4) is 0 Å². The van der Waals surface area contributed by atoms with Gasteiger partial charge in [0.25, 0.3) is 0 Å². The number of ether oxygens (including phenoxy) is 1. The maximum Gasteiger partial charge on any atom is 0.110 e. The van der Waals surface area contributed by atoms with Gasteiger partial charge in [-0.1, -0.05) is 19.6 Å². The van der Waals surface area contributed by atoms with Gasteiger partial charge in [-0.15, -0.1) is 6.58 Å². The molecule has 0 aromatic rings. The lowest BCUT2D eigenvalue weighted by Gasteiger charge is -2.45. The number of hydrogen-bond donors (Lipinski definition) is 0. The molecule has 2 rings (SSSR count). The van der Waals surface area contributed by atoms with Gasteiger partial charge in [0.15, 0.2) is 0 Å². The van der Waals surface area contributed by atoms with Gasteiger partial charge in [-0.05, 0) is 31.6 Å². The van der Waals surface area contributed by atoms with Crippen LogP contribution in [-0.2, 0) is 4.74 Å². The molecule has 14 heavy (non-hydrogen) atoms. The number of fused-ring (bicyclic) bond motifs is 1. The summed E-state index contributed by atoms with van der Waals surface area (Å²) in [7, 11) is 0. The smallest absolute Gasteiger partial charge is 0.110 e. The Morgan fingerprint density at radius 3 is 2.79 bits per heavy atom. The molecule has 0 N–H and O–H groups in total. The molecule has 2 fully saturated rings. The molecule has 1 nitrogen and oxygen atoms in total. The van der Waals surface area contributed by atoms with E-state index in [1.807, 2.05) is 0 Å². The van der Waals surface area contributed by atoms with Crippen LogP contribution in [0, 0.1) is 11.3 Å². The molecule has 1 heteroatoms. The molecular weight excluding hydrogens is 172 g/mol. The molecule has 1 saturated heterocycles. The molecule has 2 aliphatic rings. The highest BCUT2D eigenvalue weighted by atomic mass is 16.5. The summed E-state index contributed by atoms with van der Waals surface area (Å²) in [6.07, 6.45) is 6.78. The third-order valence-corrected chi connectivity index (χ3v) is 4.20. The summed E-state index contributed by atoms with van der Waals surface area (Å²) in [5.74, 6) is 1.54. The second-order valence-corrected chi connectivity index (χ2v) is 5.27. The molecule has 0 aromatic carbocycles. The molecule has 0 radical (unpaired) electrons. The first kappa shape index (κ1) is 9.82. The van der Waals surface area contributed by atoms with E-state index >= 15 is 0 Å². The topological polar surface area (TPSA) is 9.23 Å². The van der Waals surface area contributed by atoms with Crippen molar-refractivity contribution in [2.45, 2.75) is 45.1 Å². The van der Waals surface area contributed by atoms with Gasteiger partial charge in [-0.3, -0.25) is 0 Å². The Hall–Kier alpha value is -0.720. The minimum absolute atomic E-state index is 0.0261. The normalized spacial score (nSPS) is 47.0. The van der Waals surface area contributed by atoms with Crippen LogP contribution in [0.2, 0.25) is 0 Å². The second kappa shape index (κ2) is 2.88. The standard InChI is InChI=1S/C13H20O/c1-5-12(3)7-6-8-13(4)11(12)9-10(2)14-13/h5,11H,1-2,6-9H2,3-4H3/t11?,12-,13+/m1/s1. The van der Waals surface area contributed by atoms with E-state index in [0.29, 0.717) is 5.92 Å². The van der Waals surface area contributed by atoms with E-state index in [1.165, 1.54) is 19.3 Å². The SMILES string of the molecule is C=C[C@]1(C)CCC[C@]2(C)OC(=C)CC12. The van der Waals surface area contributed by atoms with Crippen LogP contribution in [0.3, 0.4) is 0 Å².